The quantitative estimate of drug-likeness (QED) is 0.406. The highest BCUT2D eigenvalue weighted by Gasteiger charge is 2.41. The Morgan fingerprint density at radius 2 is 1.50 bits per heavy atom. The van der Waals surface area contributed by atoms with Gasteiger partial charge in [-0.3, -0.25) is 0 Å². The summed E-state index contributed by atoms with van der Waals surface area (Å²) in [7, 11) is 3.32. The van der Waals surface area contributed by atoms with E-state index in [9.17, 15) is 4.79 Å². The number of benzene rings is 2. The van der Waals surface area contributed by atoms with E-state index in [1.807, 2.05) is 31.2 Å². The largest absolute Gasteiger partial charge is 0.349 e. The van der Waals surface area contributed by atoms with Gasteiger partial charge in [-0.15, -0.1) is 0 Å². The molecule has 3 heteroatoms. The van der Waals surface area contributed by atoms with Crippen LogP contribution in [0.3, 0.4) is 0 Å². The molecule has 0 aromatic heterocycles. The monoisotopic (exact) mass is 408 g/mol. The Kier molecular flexibility index (Phi) is 6.27. The third-order valence-electron chi connectivity index (χ3n) is 7.11. The number of carbonyl (C=O) groups excluding carboxylic acids is 1. The van der Waals surface area contributed by atoms with Gasteiger partial charge in [0, 0.05) is 32.1 Å². The van der Waals surface area contributed by atoms with Gasteiger partial charge in [0.1, 0.15) is 6.29 Å². The van der Waals surface area contributed by atoms with E-state index in [1.165, 1.54) is 23.1 Å². The molecular formula is C27H36O3. The molecule has 0 heterocycles. The van der Waals surface area contributed by atoms with Crippen LogP contribution in [0.5, 0.6) is 0 Å². The first-order valence-electron chi connectivity index (χ1n) is 10.9. The number of hydrogen-bond acceptors (Lipinski definition) is 3. The molecule has 0 bridgehead atoms. The highest BCUT2D eigenvalue weighted by molar-refractivity contribution is 5.62. The van der Waals surface area contributed by atoms with Crippen LogP contribution in [-0.4, -0.2) is 20.5 Å². The third kappa shape index (κ3) is 4.10. The van der Waals surface area contributed by atoms with Gasteiger partial charge in [0.05, 0.1) is 0 Å². The van der Waals surface area contributed by atoms with E-state index in [4.69, 9.17) is 9.47 Å². The fraction of sp³-hybridized carbons (Fsp3) is 0.519. The zero-order valence-electron chi connectivity index (χ0n) is 19.5. The maximum absolute atomic E-state index is 12.0. The predicted octanol–water partition coefficient (Wildman–Crippen LogP) is 6.16. The van der Waals surface area contributed by atoms with Crippen molar-refractivity contribution < 1.29 is 14.3 Å². The summed E-state index contributed by atoms with van der Waals surface area (Å²) in [6, 6.07) is 14.7. The molecule has 0 spiro atoms. The van der Waals surface area contributed by atoms with E-state index >= 15 is 0 Å². The normalized spacial score (nSPS) is 18.5. The van der Waals surface area contributed by atoms with Crippen LogP contribution in [0.15, 0.2) is 42.5 Å². The fourth-order valence-electron chi connectivity index (χ4n) is 4.78. The first kappa shape index (κ1) is 22.7. The van der Waals surface area contributed by atoms with Gasteiger partial charge >= 0.3 is 0 Å². The molecule has 1 unspecified atom stereocenters. The molecule has 1 aliphatic rings. The maximum atomic E-state index is 12.0. The molecule has 30 heavy (non-hydrogen) atoms. The molecule has 0 N–H and O–H groups in total. The Morgan fingerprint density at radius 3 is 2.03 bits per heavy atom. The second kappa shape index (κ2) is 8.28. The van der Waals surface area contributed by atoms with Crippen LogP contribution >= 0.6 is 0 Å². The van der Waals surface area contributed by atoms with Crippen LogP contribution in [0.1, 0.15) is 80.7 Å². The number of methoxy groups -OCH3 is 2. The number of ether oxygens (including phenoxy) is 2. The van der Waals surface area contributed by atoms with Crippen molar-refractivity contribution in [1.82, 2.24) is 0 Å². The van der Waals surface area contributed by atoms with Gasteiger partial charge in [-0.1, -0.05) is 69.7 Å². The number of fused-ring (bicyclic) bond motifs is 1. The van der Waals surface area contributed by atoms with E-state index < -0.39 is 5.79 Å². The summed E-state index contributed by atoms with van der Waals surface area (Å²) in [5.41, 5.74) is 6.12. The van der Waals surface area contributed by atoms with Crippen molar-refractivity contribution in [2.75, 3.05) is 14.2 Å². The Bertz CT molecular complexity index is 889. The SMILES string of the molecule is COC(CC(C=O)c1ccc(C)cc1)(OC)c1ccc2c(c1)C(C)(C)CCC2(C)C. The predicted molar refractivity (Wildman–Crippen MR) is 122 cm³/mol. The van der Waals surface area contributed by atoms with Crippen LogP contribution < -0.4 is 0 Å². The van der Waals surface area contributed by atoms with Gasteiger partial charge in [-0.05, 0) is 53.4 Å². The van der Waals surface area contributed by atoms with Crippen molar-refractivity contribution in [3.63, 3.8) is 0 Å². The highest BCUT2D eigenvalue weighted by atomic mass is 16.7. The van der Waals surface area contributed by atoms with E-state index in [0.29, 0.717) is 6.42 Å². The number of carbonyl (C=O) groups is 1. The smallest absolute Gasteiger partial charge is 0.195 e. The lowest BCUT2D eigenvalue weighted by Gasteiger charge is -2.43. The number of aryl methyl sites for hydroxylation is 1. The summed E-state index contributed by atoms with van der Waals surface area (Å²) in [6.07, 6.45) is 3.74. The summed E-state index contributed by atoms with van der Waals surface area (Å²) in [5, 5.41) is 0. The van der Waals surface area contributed by atoms with Crippen LogP contribution in [0.4, 0.5) is 0 Å². The zero-order valence-corrected chi connectivity index (χ0v) is 19.5. The molecule has 0 radical (unpaired) electrons. The second-order valence-corrected chi connectivity index (χ2v) is 10.0. The lowest BCUT2D eigenvalue weighted by molar-refractivity contribution is -0.222. The van der Waals surface area contributed by atoms with Crippen LogP contribution in [0, 0.1) is 6.92 Å². The molecule has 162 valence electrons. The molecule has 0 saturated heterocycles. The van der Waals surface area contributed by atoms with Gasteiger partial charge in [-0.2, -0.15) is 0 Å². The first-order chi connectivity index (χ1) is 14.1. The number of rotatable bonds is 7. The third-order valence-corrected chi connectivity index (χ3v) is 7.11. The molecule has 0 fully saturated rings. The zero-order chi connectivity index (χ0) is 22.2. The van der Waals surface area contributed by atoms with Crippen molar-refractivity contribution in [2.45, 2.75) is 76.4 Å². The molecule has 0 saturated carbocycles. The summed E-state index contributed by atoms with van der Waals surface area (Å²) in [6.45, 7) is 11.3. The van der Waals surface area contributed by atoms with Crippen molar-refractivity contribution in [3.8, 4) is 0 Å². The number of aldehydes is 1. The van der Waals surface area contributed by atoms with Crippen LogP contribution in [-0.2, 0) is 30.9 Å². The van der Waals surface area contributed by atoms with Crippen LogP contribution in [0.25, 0.3) is 0 Å². The summed E-state index contributed by atoms with van der Waals surface area (Å²) >= 11 is 0. The summed E-state index contributed by atoms with van der Waals surface area (Å²) in [5.74, 6) is -1.30. The Hall–Kier alpha value is -1.97. The van der Waals surface area contributed by atoms with Gasteiger partial charge < -0.3 is 14.3 Å². The average Bonchev–Trinajstić information content (AvgIpc) is 2.73. The van der Waals surface area contributed by atoms with Crippen molar-refractivity contribution in [1.29, 1.82) is 0 Å². The van der Waals surface area contributed by atoms with Crippen molar-refractivity contribution in [2.24, 2.45) is 0 Å². The molecule has 0 aliphatic heterocycles. The Labute approximate surface area is 181 Å². The van der Waals surface area contributed by atoms with Crippen molar-refractivity contribution in [3.05, 3.63) is 70.3 Å². The minimum atomic E-state index is -0.983. The molecule has 3 rings (SSSR count). The summed E-state index contributed by atoms with van der Waals surface area (Å²) < 4.78 is 12.0. The molecule has 2 aromatic carbocycles. The topological polar surface area (TPSA) is 35.5 Å². The molecule has 1 aliphatic carbocycles. The van der Waals surface area contributed by atoms with E-state index in [2.05, 4.69) is 45.9 Å². The van der Waals surface area contributed by atoms with Gasteiger partial charge in [0.25, 0.3) is 0 Å². The highest BCUT2D eigenvalue weighted by Crippen LogP contribution is 2.47. The second-order valence-electron chi connectivity index (χ2n) is 10.0. The molecule has 0 amide bonds. The van der Waals surface area contributed by atoms with Gasteiger partial charge in [0.2, 0.25) is 0 Å². The van der Waals surface area contributed by atoms with Gasteiger partial charge in [-0.25, -0.2) is 0 Å². The Balaban J connectivity index is 2.05. The van der Waals surface area contributed by atoms with Gasteiger partial charge in [0.15, 0.2) is 5.79 Å². The average molecular weight is 409 g/mol. The van der Waals surface area contributed by atoms with E-state index in [0.717, 1.165) is 23.8 Å². The molecule has 1 atom stereocenters. The minimum absolute atomic E-state index is 0.0924. The first-order valence-corrected chi connectivity index (χ1v) is 10.9. The number of hydrogen-bond donors (Lipinski definition) is 0. The van der Waals surface area contributed by atoms with Crippen LogP contribution in [0.2, 0.25) is 0 Å². The minimum Gasteiger partial charge on any atom is -0.349 e. The molecule has 3 nitrogen and oxygen atoms in total. The van der Waals surface area contributed by atoms with E-state index in [-0.39, 0.29) is 16.7 Å². The molecule has 2 aromatic rings. The summed E-state index contributed by atoms with van der Waals surface area (Å²) in [4.78, 5) is 12.0. The lowest BCUT2D eigenvalue weighted by Crippen LogP contribution is -2.37. The fourth-order valence-corrected chi connectivity index (χ4v) is 4.78. The van der Waals surface area contributed by atoms with E-state index in [1.54, 1.807) is 14.2 Å². The maximum Gasteiger partial charge on any atom is 0.195 e. The lowest BCUT2D eigenvalue weighted by atomic mass is 9.62. The standard InChI is InChI=1S/C27H36O3/c1-19-8-10-20(11-9-19)21(18-28)17-27(29-6,30-7)22-12-13-23-24(16-22)26(4,5)15-14-25(23,2)3/h8-13,16,18,21H,14-15,17H2,1-7H3. The molecular weight excluding hydrogens is 372 g/mol. The van der Waals surface area contributed by atoms with Crippen molar-refractivity contribution >= 4 is 6.29 Å². The Morgan fingerprint density at radius 1 is 0.933 bits per heavy atom.